The first kappa shape index (κ1) is 21.2. The maximum atomic E-state index is 12.2. The lowest BCUT2D eigenvalue weighted by Gasteiger charge is -2.30. The Kier molecular flexibility index (Phi) is 7.84. The zero-order valence-corrected chi connectivity index (χ0v) is 17.4. The van der Waals surface area contributed by atoms with Gasteiger partial charge in [-0.1, -0.05) is 30.0 Å². The second-order valence-corrected chi connectivity index (χ2v) is 8.42. The molecule has 28 heavy (non-hydrogen) atoms. The van der Waals surface area contributed by atoms with Gasteiger partial charge >= 0.3 is 0 Å². The van der Waals surface area contributed by atoms with Crippen LogP contribution in [0, 0.1) is 5.92 Å². The lowest BCUT2D eigenvalue weighted by molar-refractivity contribution is -0.120. The number of nitrogens with zero attached hydrogens (tertiary/aromatic N) is 5. The number of carbonyl (C=O) groups is 1. The molecule has 1 aliphatic carbocycles. The summed E-state index contributed by atoms with van der Waals surface area (Å²) in [5, 5.41) is 13.4. The maximum Gasteiger partial charge on any atom is 0.214 e. The van der Waals surface area contributed by atoms with Crippen molar-refractivity contribution in [1.82, 2.24) is 25.1 Å². The van der Waals surface area contributed by atoms with Crippen molar-refractivity contribution in [2.75, 3.05) is 32.8 Å². The van der Waals surface area contributed by atoms with Crippen molar-refractivity contribution in [1.29, 1.82) is 0 Å². The van der Waals surface area contributed by atoms with Crippen LogP contribution in [-0.2, 0) is 9.53 Å². The van der Waals surface area contributed by atoms with E-state index < -0.39 is 0 Å². The smallest absolute Gasteiger partial charge is 0.214 e. The second-order valence-electron chi connectivity index (χ2n) is 7.15. The van der Waals surface area contributed by atoms with E-state index >= 15 is 0 Å². The maximum absolute atomic E-state index is 12.2. The third-order valence-electron chi connectivity index (χ3n) is 5.26. The number of para-hydroxylation sites is 1. The van der Waals surface area contributed by atoms with Crippen LogP contribution in [0.3, 0.4) is 0 Å². The lowest BCUT2D eigenvalue weighted by Crippen LogP contribution is -2.40. The Labute approximate surface area is 175 Å². The fourth-order valence-corrected chi connectivity index (χ4v) is 5.06. The largest absolute Gasteiger partial charge is 0.379 e. The molecule has 1 saturated carbocycles. The minimum atomic E-state index is 0. The minimum Gasteiger partial charge on any atom is -0.379 e. The van der Waals surface area contributed by atoms with Gasteiger partial charge in [-0.15, -0.1) is 17.5 Å². The number of morpholine rings is 1. The summed E-state index contributed by atoms with van der Waals surface area (Å²) in [6, 6.07) is 9.94. The van der Waals surface area contributed by atoms with Gasteiger partial charge in [0, 0.05) is 37.2 Å². The molecule has 2 aromatic rings. The molecule has 4 rings (SSSR count). The van der Waals surface area contributed by atoms with Crippen LogP contribution in [0.25, 0.3) is 5.69 Å². The SMILES string of the molecule is Cl.O=C1CCCC1CC(CN1CCOCC1)Sc1nnnn1-c1ccccc1. The summed E-state index contributed by atoms with van der Waals surface area (Å²) in [7, 11) is 0. The molecular formula is C19H26ClN5O2S. The fourth-order valence-electron chi connectivity index (χ4n) is 3.82. The highest BCUT2D eigenvalue weighted by atomic mass is 35.5. The van der Waals surface area contributed by atoms with E-state index in [0.717, 1.165) is 69.4 Å². The summed E-state index contributed by atoms with van der Waals surface area (Å²) in [4.78, 5) is 14.6. The number of rotatable bonds is 7. The van der Waals surface area contributed by atoms with E-state index in [4.69, 9.17) is 4.74 Å². The predicted molar refractivity (Wildman–Crippen MR) is 110 cm³/mol. The summed E-state index contributed by atoms with van der Waals surface area (Å²) in [6.45, 7) is 4.38. The molecule has 2 atom stereocenters. The average Bonchev–Trinajstić information content (AvgIpc) is 3.32. The highest BCUT2D eigenvalue weighted by molar-refractivity contribution is 7.99. The quantitative estimate of drug-likeness (QED) is 0.634. The molecule has 9 heteroatoms. The molecule has 2 heterocycles. The Morgan fingerprint density at radius 2 is 2.00 bits per heavy atom. The first-order chi connectivity index (χ1) is 13.3. The number of ketones is 1. The number of halogens is 1. The van der Waals surface area contributed by atoms with Crippen molar-refractivity contribution in [3.63, 3.8) is 0 Å². The number of hydrogen-bond acceptors (Lipinski definition) is 7. The Bertz CT molecular complexity index is 754. The first-order valence-corrected chi connectivity index (χ1v) is 10.5. The number of benzene rings is 1. The molecule has 1 aromatic heterocycles. The second kappa shape index (κ2) is 10.3. The van der Waals surface area contributed by atoms with E-state index in [1.807, 2.05) is 30.3 Å². The highest BCUT2D eigenvalue weighted by Crippen LogP contribution is 2.33. The molecular weight excluding hydrogens is 398 g/mol. The molecule has 0 bridgehead atoms. The molecule has 7 nitrogen and oxygen atoms in total. The van der Waals surface area contributed by atoms with Gasteiger partial charge in [-0.05, 0) is 41.8 Å². The number of carbonyl (C=O) groups excluding carboxylic acids is 1. The Hall–Kier alpha value is -1.48. The number of Topliss-reactive ketones (excluding diaryl/α,β-unsaturated/α-hetero) is 1. The van der Waals surface area contributed by atoms with Gasteiger partial charge in [0.1, 0.15) is 5.78 Å². The standard InChI is InChI=1S/C19H25N5O2S.ClH/c25-18-8-4-5-15(18)13-17(14-23-9-11-26-12-10-23)27-19-20-21-22-24(19)16-6-2-1-3-7-16;/h1-3,6-7,15,17H,4-5,8-14H2;1H. The number of ether oxygens (including phenoxy) is 1. The molecule has 0 amide bonds. The van der Waals surface area contributed by atoms with Gasteiger partial charge in [0.05, 0.1) is 18.9 Å². The average molecular weight is 424 g/mol. The van der Waals surface area contributed by atoms with Crippen molar-refractivity contribution < 1.29 is 9.53 Å². The number of thioether (sulfide) groups is 1. The van der Waals surface area contributed by atoms with Gasteiger partial charge in [0.2, 0.25) is 5.16 Å². The minimum absolute atomic E-state index is 0. The van der Waals surface area contributed by atoms with E-state index in [-0.39, 0.29) is 23.6 Å². The van der Waals surface area contributed by atoms with Crippen LogP contribution < -0.4 is 0 Å². The molecule has 1 saturated heterocycles. The summed E-state index contributed by atoms with van der Waals surface area (Å²) < 4.78 is 7.26. The third-order valence-corrected chi connectivity index (χ3v) is 6.40. The van der Waals surface area contributed by atoms with Gasteiger partial charge in [-0.25, -0.2) is 0 Å². The topological polar surface area (TPSA) is 73.1 Å². The van der Waals surface area contributed by atoms with Crippen molar-refractivity contribution in [3.8, 4) is 5.69 Å². The molecule has 2 aliphatic rings. The summed E-state index contributed by atoms with van der Waals surface area (Å²) >= 11 is 1.69. The van der Waals surface area contributed by atoms with Crippen LogP contribution in [-0.4, -0.2) is 69.0 Å². The predicted octanol–water partition coefficient (Wildman–Crippen LogP) is 2.64. The van der Waals surface area contributed by atoms with Crippen LogP contribution in [0.5, 0.6) is 0 Å². The first-order valence-electron chi connectivity index (χ1n) is 9.63. The summed E-state index contributed by atoms with van der Waals surface area (Å²) in [6.07, 6.45) is 3.67. The van der Waals surface area contributed by atoms with Gasteiger partial charge in [-0.2, -0.15) is 4.68 Å². The number of aromatic nitrogens is 4. The van der Waals surface area contributed by atoms with Crippen LogP contribution in [0.15, 0.2) is 35.5 Å². The normalized spacial score (nSPS) is 21.4. The molecule has 0 spiro atoms. The molecule has 0 radical (unpaired) electrons. The Balaban J connectivity index is 0.00000225. The van der Waals surface area contributed by atoms with Crippen molar-refractivity contribution in [2.24, 2.45) is 5.92 Å². The van der Waals surface area contributed by atoms with E-state index in [1.54, 1.807) is 16.4 Å². The van der Waals surface area contributed by atoms with Crippen LogP contribution in [0.4, 0.5) is 0 Å². The number of tetrazole rings is 1. The van der Waals surface area contributed by atoms with Gasteiger partial charge in [0.15, 0.2) is 0 Å². The highest BCUT2D eigenvalue weighted by Gasteiger charge is 2.30. The summed E-state index contributed by atoms with van der Waals surface area (Å²) in [5.74, 6) is 0.606. The van der Waals surface area contributed by atoms with Crippen molar-refractivity contribution >= 4 is 30.0 Å². The van der Waals surface area contributed by atoms with Crippen LogP contribution >= 0.6 is 24.2 Å². The molecule has 152 valence electrons. The van der Waals surface area contributed by atoms with E-state index in [0.29, 0.717) is 5.78 Å². The Morgan fingerprint density at radius 3 is 2.71 bits per heavy atom. The monoisotopic (exact) mass is 423 g/mol. The van der Waals surface area contributed by atoms with Crippen molar-refractivity contribution in [2.45, 2.75) is 36.1 Å². The van der Waals surface area contributed by atoms with E-state index in [2.05, 4.69) is 20.4 Å². The zero-order valence-electron chi connectivity index (χ0n) is 15.8. The molecule has 1 aliphatic heterocycles. The van der Waals surface area contributed by atoms with Crippen LogP contribution in [0.1, 0.15) is 25.7 Å². The summed E-state index contributed by atoms with van der Waals surface area (Å²) in [5.41, 5.74) is 0.951. The van der Waals surface area contributed by atoms with Crippen LogP contribution in [0.2, 0.25) is 0 Å². The number of hydrogen-bond donors (Lipinski definition) is 0. The van der Waals surface area contributed by atoms with Crippen molar-refractivity contribution in [3.05, 3.63) is 30.3 Å². The molecule has 1 aromatic carbocycles. The van der Waals surface area contributed by atoms with E-state index in [1.165, 1.54) is 0 Å². The molecule has 2 fully saturated rings. The molecule has 0 N–H and O–H groups in total. The molecule has 2 unspecified atom stereocenters. The third kappa shape index (κ3) is 5.31. The van der Waals surface area contributed by atoms with Gasteiger partial charge in [-0.3, -0.25) is 9.69 Å². The fraction of sp³-hybridized carbons (Fsp3) is 0.579. The lowest BCUT2D eigenvalue weighted by atomic mass is 10.0. The Morgan fingerprint density at radius 1 is 1.21 bits per heavy atom. The van der Waals surface area contributed by atoms with Gasteiger partial charge in [0.25, 0.3) is 0 Å². The van der Waals surface area contributed by atoms with E-state index in [9.17, 15) is 4.79 Å². The van der Waals surface area contributed by atoms with Gasteiger partial charge < -0.3 is 4.74 Å². The zero-order chi connectivity index (χ0) is 18.5.